The molecule has 0 spiro atoms. The Kier molecular flexibility index (Phi) is 5.79. The van der Waals surface area contributed by atoms with Crippen molar-refractivity contribution in [2.24, 2.45) is 0 Å². The third-order valence-electron chi connectivity index (χ3n) is 4.82. The Bertz CT molecular complexity index is 1180. The van der Waals surface area contributed by atoms with Crippen molar-refractivity contribution in [1.29, 1.82) is 0 Å². The minimum atomic E-state index is -4.34. The van der Waals surface area contributed by atoms with E-state index in [-0.39, 0.29) is 18.0 Å². The van der Waals surface area contributed by atoms with Gasteiger partial charge in [0.15, 0.2) is 0 Å². The number of benzene rings is 1. The Hall–Kier alpha value is -2.45. The van der Waals surface area contributed by atoms with Gasteiger partial charge in [0, 0.05) is 0 Å². The van der Waals surface area contributed by atoms with Gasteiger partial charge in [0.2, 0.25) is 0 Å². The zero-order valence-corrected chi connectivity index (χ0v) is 17.6. The maximum atomic E-state index is 15.0. The first kappa shape index (κ1) is 22.7. The van der Waals surface area contributed by atoms with E-state index in [1.807, 2.05) is 4.98 Å². The quantitative estimate of drug-likeness (QED) is 0.231. The molecule has 16 heteroatoms. The Morgan fingerprint density at radius 1 is 1.44 bits per heavy atom. The number of nitro groups is 1. The fraction of sp³-hybridized carbons (Fsp3) is 0.375. The minimum absolute atomic E-state index is 0.0961. The number of hydrogen-bond acceptors (Lipinski definition) is 10. The van der Waals surface area contributed by atoms with Crippen molar-refractivity contribution in [2.75, 3.05) is 6.61 Å². The van der Waals surface area contributed by atoms with Gasteiger partial charge in [-0.15, -0.1) is 0 Å². The van der Waals surface area contributed by atoms with Crippen LogP contribution >= 0.6 is 19.8 Å². The summed E-state index contributed by atoms with van der Waals surface area (Å²) in [7, 11) is -4.34. The van der Waals surface area contributed by atoms with E-state index in [1.165, 1.54) is 18.2 Å². The fourth-order valence-corrected chi connectivity index (χ4v) is 4.89. The van der Waals surface area contributed by atoms with Crippen molar-refractivity contribution in [2.45, 2.75) is 30.2 Å². The van der Waals surface area contributed by atoms with Gasteiger partial charge in [0.1, 0.15) is 0 Å². The van der Waals surface area contributed by atoms with E-state index in [0.717, 1.165) is 12.3 Å². The van der Waals surface area contributed by atoms with Gasteiger partial charge < -0.3 is 0 Å². The van der Waals surface area contributed by atoms with Crippen LogP contribution in [0, 0.1) is 10.1 Å². The summed E-state index contributed by atoms with van der Waals surface area (Å²) in [5.41, 5.74) is -1.64. The summed E-state index contributed by atoms with van der Waals surface area (Å²) < 4.78 is 36.7. The summed E-state index contributed by atoms with van der Waals surface area (Å²) in [5, 5.41) is 18.1. The Balaban J connectivity index is 1.47. The molecule has 13 nitrogen and oxygen atoms in total. The number of aliphatic hydroxyl groups excluding tert-OH is 1. The van der Waals surface area contributed by atoms with Crippen LogP contribution in [0.15, 0.2) is 40.1 Å². The molecule has 1 aromatic carbocycles. The van der Waals surface area contributed by atoms with Gasteiger partial charge in [0.25, 0.3) is 0 Å². The third-order valence-corrected chi connectivity index (χ3v) is 6.75. The molecule has 0 bridgehead atoms. The van der Waals surface area contributed by atoms with Crippen LogP contribution in [0.1, 0.15) is 11.8 Å². The number of halogens is 2. The summed E-state index contributed by atoms with van der Waals surface area (Å²) in [6.07, 6.45) is -4.32. The van der Waals surface area contributed by atoms with Crippen LogP contribution in [-0.2, 0) is 20.4 Å². The van der Waals surface area contributed by atoms with Gasteiger partial charge in [0.05, 0.1) is 0 Å². The second-order valence-electron chi connectivity index (χ2n) is 6.94. The van der Waals surface area contributed by atoms with Gasteiger partial charge in [-0.2, -0.15) is 0 Å². The molecule has 4 atom stereocenters. The van der Waals surface area contributed by atoms with Crippen LogP contribution in [0.5, 0.6) is 5.75 Å². The number of aromatic nitrogens is 2. The van der Waals surface area contributed by atoms with Gasteiger partial charge in [-0.25, -0.2) is 0 Å². The summed E-state index contributed by atoms with van der Waals surface area (Å²) in [6.45, 7) is -0.898. The van der Waals surface area contributed by atoms with Crippen LogP contribution in [-0.4, -0.2) is 48.4 Å². The van der Waals surface area contributed by atoms with E-state index in [1.54, 1.807) is 0 Å². The van der Waals surface area contributed by atoms with Gasteiger partial charge in [-0.3, -0.25) is 0 Å². The molecule has 3 N–H and O–H groups in total. The molecular weight excluding hydrogens is 480 g/mol. The van der Waals surface area contributed by atoms with E-state index < -0.39 is 54.5 Å². The molecule has 2 aliphatic rings. The number of nitro benzene ring substituents is 1. The molecule has 174 valence electrons. The number of nitrogens with zero attached hydrogens (tertiary/aromatic N) is 2. The standard InChI is InChI=1S/C16H16ClFN3O10P/c17-16(18)13(23)11(30-14(16)20-4-3-12(22)19-15(20)24)7-29-32(27)28-6-8-5-9(21(25)26)1-2-10(8)31-32/h1-5,11,13-14,23,27,32H,6-7H2,(H,19,22,24)/t11-,13-,14-,16+/m1/s1. The number of nitrogens with one attached hydrogen (secondary N) is 1. The molecule has 2 aliphatic heterocycles. The molecule has 1 fully saturated rings. The van der Waals surface area contributed by atoms with Crippen LogP contribution in [0.3, 0.4) is 0 Å². The molecule has 0 aliphatic carbocycles. The van der Waals surface area contributed by atoms with Crippen LogP contribution in [0.2, 0.25) is 0 Å². The Morgan fingerprint density at radius 3 is 2.88 bits per heavy atom. The molecule has 0 amide bonds. The van der Waals surface area contributed by atoms with Crippen molar-refractivity contribution in [3.8, 4) is 5.75 Å². The molecule has 0 radical (unpaired) electrons. The zero-order valence-electron chi connectivity index (χ0n) is 15.8. The maximum absolute atomic E-state index is 15.0. The molecule has 0 unspecified atom stereocenters. The average Bonchev–Trinajstić information content (AvgIpc) is 2.95. The number of alkyl halides is 2. The SMILES string of the molecule is O=c1ccn([C@@H]2O[C@H](CO[PH]3(O)OCc4cc([N+](=O)[O-])ccc4O3)[C@@H](O)[C@@]2(F)Cl)c(=O)[nH]1. The number of ether oxygens (including phenoxy) is 1. The van der Waals surface area contributed by atoms with Crippen molar-refractivity contribution in [3.63, 3.8) is 0 Å². The zero-order chi connectivity index (χ0) is 23.3. The van der Waals surface area contributed by atoms with Crippen LogP contribution in [0.4, 0.5) is 10.1 Å². The average molecular weight is 496 g/mol. The number of fused-ring (bicyclic) bond motifs is 1. The topological polar surface area (TPSA) is 175 Å². The fourth-order valence-electron chi connectivity index (χ4n) is 3.21. The first-order chi connectivity index (χ1) is 15.0. The first-order valence-corrected chi connectivity index (χ1v) is 11.0. The van der Waals surface area contributed by atoms with Crippen molar-refractivity contribution < 1.29 is 37.6 Å². The number of aliphatic hydroxyl groups is 1. The second kappa shape index (κ2) is 8.15. The predicted octanol–water partition coefficient (Wildman–Crippen LogP) is 0.636. The summed E-state index contributed by atoms with van der Waals surface area (Å²) in [5.74, 6) is 0.0961. The number of rotatable bonds is 5. The molecule has 1 aromatic heterocycles. The van der Waals surface area contributed by atoms with Gasteiger partial charge in [-0.1, -0.05) is 0 Å². The van der Waals surface area contributed by atoms with Crippen molar-refractivity contribution in [3.05, 3.63) is 67.0 Å². The van der Waals surface area contributed by atoms with Crippen molar-refractivity contribution >= 4 is 25.5 Å². The van der Waals surface area contributed by atoms with Crippen LogP contribution < -0.4 is 15.8 Å². The molecule has 32 heavy (non-hydrogen) atoms. The van der Waals surface area contributed by atoms with E-state index in [4.69, 9.17) is 29.9 Å². The molecule has 4 rings (SSSR count). The monoisotopic (exact) mass is 495 g/mol. The van der Waals surface area contributed by atoms with Crippen molar-refractivity contribution in [1.82, 2.24) is 9.55 Å². The number of non-ortho nitro benzene ring substituents is 1. The third kappa shape index (κ3) is 4.13. The van der Waals surface area contributed by atoms with E-state index >= 15 is 0 Å². The van der Waals surface area contributed by atoms with E-state index in [2.05, 4.69) is 0 Å². The van der Waals surface area contributed by atoms with Crippen LogP contribution in [0.25, 0.3) is 0 Å². The summed E-state index contributed by atoms with van der Waals surface area (Å²) >= 11 is 5.77. The predicted molar refractivity (Wildman–Crippen MR) is 106 cm³/mol. The number of hydrogen-bond donors (Lipinski definition) is 3. The number of H-pyrrole nitrogens is 1. The Morgan fingerprint density at radius 2 is 2.19 bits per heavy atom. The van der Waals surface area contributed by atoms with E-state index in [9.17, 15) is 34.1 Å². The summed E-state index contributed by atoms with van der Waals surface area (Å²) in [6, 6.07) is 4.59. The van der Waals surface area contributed by atoms with Gasteiger partial charge >= 0.3 is 182 Å². The molecule has 3 heterocycles. The second-order valence-corrected chi connectivity index (χ2v) is 9.35. The Labute approximate surface area is 182 Å². The van der Waals surface area contributed by atoms with E-state index in [0.29, 0.717) is 10.1 Å². The normalized spacial score (nSPS) is 29.7. The molecule has 1 saturated heterocycles. The molecule has 0 saturated carbocycles. The number of aromatic amines is 1. The van der Waals surface area contributed by atoms with Gasteiger partial charge in [-0.05, 0) is 0 Å². The summed E-state index contributed by atoms with van der Waals surface area (Å²) in [4.78, 5) is 45.8. The first-order valence-electron chi connectivity index (χ1n) is 8.99. The molecular formula is C16H16ClFN3O10P. The molecule has 2 aromatic rings.